The Morgan fingerprint density at radius 3 is 2.53 bits per heavy atom. The predicted molar refractivity (Wildman–Crippen MR) is 119 cm³/mol. The second kappa shape index (κ2) is 8.43. The van der Waals surface area contributed by atoms with Gasteiger partial charge in [-0.25, -0.2) is 0 Å². The van der Waals surface area contributed by atoms with Crippen LogP contribution in [-0.4, -0.2) is 18.0 Å². The van der Waals surface area contributed by atoms with Crippen molar-refractivity contribution in [3.63, 3.8) is 0 Å². The van der Waals surface area contributed by atoms with Crippen LogP contribution < -0.4 is 14.8 Å². The number of amides is 1. The number of carbonyl (C=O) groups excluding carboxylic acids is 1. The summed E-state index contributed by atoms with van der Waals surface area (Å²) in [5.41, 5.74) is 2.35. The van der Waals surface area contributed by atoms with Gasteiger partial charge in [-0.05, 0) is 61.5 Å². The van der Waals surface area contributed by atoms with Crippen molar-refractivity contribution in [2.24, 2.45) is 0 Å². The van der Waals surface area contributed by atoms with Crippen LogP contribution in [0.4, 0.5) is 5.69 Å². The topological polar surface area (TPSA) is 60.5 Å². The first-order valence-electron chi connectivity index (χ1n) is 9.33. The summed E-state index contributed by atoms with van der Waals surface area (Å²) in [6.07, 6.45) is 0. The van der Waals surface area contributed by atoms with E-state index in [1.165, 1.54) is 0 Å². The number of aryl methyl sites for hydroxylation is 1. The van der Waals surface area contributed by atoms with E-state index in [1.54, 1.807) is 38.3 Å². The van der Waals surface area contributed by atoms with Gasteiger partial charge in [-0.15, -0.1) is 0 Å². The summed E-state index contributed by atoms with van der Waals surface area (Å²) in [7, 11) is 1.60. The lowest BCUT2D eigenvalue weighted by Gasteiger charge is -2.14. The van der Waals surface area contributed by atoms with E-state index in [1.807, 2.05) is 48.5 Å². The van der Waals surface area contributed by atoms with Crippen molar-refractivity contribution < 1.29 is 14.3 Å². The lowest BCUT2D eigenvalue weighted by molar-refractivity contribution is 0.102. The maximum absolute atomic E-state index is 13.1. The second-order valence-electron chi connectivity index (χ2n) is 6.69. The lowest BCUT2D eigenvalue weighted by atomic mass is 10.1. The van der Waals surface area contributed by atoms with Gasteiger partial charge in [-0.3, -0.25) is 9.78 Å². The minimum Gasteiger partial charge on any atom is -0.497 e. The SMILES string of the molecule is COc1ccc2nc(C)c(C(=O)Nc3cc(Cl)ccc3Oc3ccccc3)cc2c1. The number of pyridine rings is 1. The van der Waals surface area contributed by atoms with Crippen LogP contribution in [-0.2, 0) is 0 Å². The number of carbonyl (C=O) groups is 1. The highest BCUT2D eigenvalue weighted by atomic mass is 35.5. The molecule has 0 aliphatic heterocycles. The van der Waals surface area contributed by atoms with E-state index in [0.29, 0.717) is 39.2 Å². The number of hydrogen-bond donors (Lipinski definition) is 1. The molecule has 0 unspecified atom stereocenters. The van der Waals surface area contributed by atoms with Gasteiger partial charge in [0.1, 0.15) is 11.5 Å². The summed E-state index contributed by atoms with van der Waals surface area (Å²) < 4.78 is 11.2. The van der Waals surface area contributed by atoms with E-state index >= 15 is 0 Å². The van der Waals surface area contributed by atoms with Crippen molar-refractivity contribution in [3.8, 4) is 17.2 Å². The molecule has 0 fully saturated rings. The third-order valence-electron chi connectivity index (χ3n) is 4.62. The molecule has 1 heterocycles. The first-order chi connectivity index (χ1) is 14.5. The Kier molecular flexibility index (Phi) is 5.55. The summed E-state index contributed by atoms with van der Waals surface area (Å²) in [5.74, 6) is 1.55. The van der Waals surface area contributed by atoms with Crippen LogP contribution in [0.1, 0.15) is 16.1 Å². The van der Waals surface area contributed by atoms with Gasteiger partial charge in [0.05, 0.1) is 29.6 Å². The molecular weight excluding hydrogens is 400 g/mol. The van der Waals surface area contributed by atoms with Gasteiger partial charge in [0.15, 0.2) is 5.75 Å². The molecule has 0 saturated carbocycles. The summed E-state index contributed by atoms with van der Waals surface area (Å²) in [5, 5.41) is 4.21. The Morgan fingerprint density at radius 1 is 0.967 bits per heavy atom. The molecule has 4 rings (SSSR count). The fraction of sp³-hybridized carbons (Fsp3) is 0.0833. The van der Waals surface area contributed by atoms with E-state index in [0.717, 1.165) is 10.9 Å². The number of rotatable bonds is 5. The number of ether oxygens (including phenoxy) is 2. The summed E-state index contributed by atoms with van der Waals surface area (Å²) in [6, 6.07) is 21.8. The molecule has 0 aliphatic rings. The fourth-order valence-electron chi connectivity index (χ4n) is 3.10. The normalized spacial score (nSPS) is 10.6. The van der Waals surface area contributed by atoms with Gasteiger partial charge >= 0.3 is 0 Å². The first kappa shape index (κ1) is 19.7. The van der Waals surface area contributed by atoms with Crippen LogP contribution in [0.25, 0.3) is 10.9 Å². The average molecular weight is 419 g/mol. The molecule has 5 nitrogen and oxygen atoms in total. The molecule has 1 amide bonds. The highest BCUT2D eigenvalue weighted by Crippen LogP contribution is 2.32. The van der Waals surface area contributed by atoms with Crippen LogP contribution in [0.2, 0.25) is 5.02 Å². The lowest BCUT2D eigenvalue weighted by Crippen LogP contribution is -2.15. The summed E-state index contributed by atoms with van der Waals surface area (Å²) in [4.78, 5) is 17.6. The standard InChI is InChI=1S/C24H19ClN2O3/c1-15-20(13-16-12-19(29-2)9-10-21(16)26-15)24(28)27-22-14-17(25)8-11-23(22)30-18-6-4-3-5-7-18/h3-14H,1-2H3,(H,27,28). The van der Waals surface area contributed by atoms with Crippen LogP contribution in [0.5, 0.6) is 17.2 Å². The van der Waals surface area contributed by atoms with Gasteiger partial charge in [0.2, 0.25) is 0 Å². The van der Waals surface area contributed by atoms with Crippen molar-refractivity contribution in [1.82, 2.24) is 4.98 Å². The monoisotopic (exact) mass is 418 g/mol. The molecule has 30 heavy (non-hydrogen) atoms. The van der Waals surface area contributed by atoms with E-state index in [9.17, 15) is 4.79 Å². The highest BCUT2D eigenvalue weighted by Gasteiger charge is 2.15. The zero-order valence-corrected chi connectivity index (χ0v) is 17.2. The van der Waals surface area contributed by atoms with Crippen molar-refractivity contribution in [1.29, 1.82) is 0 Å². The Balaban J connectivity index is 1.67. The summed E-state index contributed by atoms with van der Waals surface area (Å²) >= 11 is 6.16. The van der Waals surface area contributed by atoms with E-state index in [2.05, 4.69) is 10.3 Å². The third kappa shape index (κ3) is 4.21. The Morgan fingerprint density at radius 2 is 1.77 bits per heavy atom. The molecule has 4 aromatic rings. The molecule has 6 heteroatoms. The van der Waals surface area contributed by atoms with Crippen molar-refractivity contribution >= 4 is 34.1 Å². The number of nitrogens with one attached hydrogen (secondary N) is 1. The maximum atomic E-state index is 13.1. The number of halogens is 1. The van der Waals surface area contributed by atoms with Gasteiger partial charge in [0, 0.05) is 10.4 Å². The predicted octanol–water partition coefficient (Wildman–Crippen LogP) is 6.25. The van der Waals surface area contributed by atoms with Gasteiger partial charge < -0.3 is 14.8 Å². The molecule has 150 valence electrons. The number of nitrogens with zero attached hydrogens (tertiary/aromatic N) is 1. The fourth-order valence-corrected chi connectivity index (χ4v) is 3.27. The molecule has 1 N–H and O–H groups in total. The van der Waals surface area contributed by atoms with Gasteiger partial charge in [0.25, 0.3) is 5.91 Å². The van der Waals surface area contributed by atoms with E-state index < -0.39 is 0 Å². The molecule has 0 radical (unpaired) electrons. The highest BCUT2D eigenvalue weighted by molar-refractivity contribution is 6.31. The van der Waals surface area contributed by atoms with Crippen LogP contribution >= 0.6 is 11.6 Å². The molecule has 3 aromatic carbocycles. The minimum absolute atomic E-state index is 0.301. The number of anilines is 1. The largest absolute Gasteiger partial charge is 0.497 e. The number of aromatic nitrogens is 1. The number of fused-ring (bicyclic) bond motifs is 1. The smallest absolute Gasteiger partial charge is 0.257 e. The van der Waals surface area contributed by atoms with E-state index in [-0.39, 0.29) is 5.91 Å². The van der Waals surface area contributed by atoms with Crippen molar-refractivity contribution in [3.05, 3.63) is 89.1 Å². The first-order valence-corrected chi connectivity index (χ1v) is 9.70. The molecular formula is C24H19ClN2O3. The number of benzene rings is 3. The van der Waals surface area contributed by atoms with Crippen LogP contribution in [0.3, 0.4) is 0 Å². The number of hydrogen-bond acceptors (Lipinski definition) is 4. The van der Waals surface area contributed by atoms with Gasteiger partial charge in [-0.1, -0.05) is 29.8 Å². The van der Waals surface area contributed by atoms with Crippen molar-refractivity contribution in [2.75, 3.05) is 12.4 Å². The zero-order chi connectivity index (χ0) is 21.1. The quantitative estimate of drug-likeness (QED) is 0.416. The van der Waals surface area contributed by atoms with Crippen molar-refractivity contribution in [2.45, 2.75) is 6.92 Å². The number of para-hydroxylation sites is 1. The van der Waals surface area contributed by atoms with Gasteiger partial charge in [-0.2, -0.15) is 0 Å². The Labute approximate surface area is 179 Å². The molecule has 0 spiro atoms. The average Bonchev–Trinajstić information content (AvgIpc) is 2.75. The third-order valence-corrected chi connectivity index (χ3v) is 4.85. The minimum atomic E-state index is -0.301. The van der Waals surface area contributed by atoms with E-state index in [4.69, 9.17) is 21.1 Å². The number of methoxy groups -OCH3 is 1. The summed E-state index contributed by atoms with van der Waals surface area (Å²) in [6.45, 7) is 1.80. The molecule has 0 bridgehead atoms. The molecule has 0 atom stereocenters. The van der Waals surface area contributed by atoms with Crippen LogP contribution in [0, 0.1) is 6.92 Å². The molecule has 0 aliphatic carbocycles. The molecule has 0 saturated heterocycles. The molecule has 1 aromatic heterocycles. The second-order valence-corrected chi connectivity index (χ2v) is 7.13. The van der Waals surface area contributed by atoms with Crippen LogP contribution in [0.15, 0.2) is 72.8 Å². The Hall–Kier alpha value is -3.57. The zero-order valence-electron chi connectivity index (χ0n) is 16.5. The maximum Gasteiger partial charge on any atom is 0.257 e. The Bertz CT molecular complexity index is 1230.